The van der Waals surface area contributed by atoms with E-state index in [4.69, 9.17) is 12.2 Å². The van der Waals surface area contributed by atoms with Gasteiger partial charge in [0.1, 0.15) is 11.7 Å². The Morgan fingerprint density at radius 3 is 2.41 bits per heavy atom. The van der Waals surface area contributed by atoms with Crippen LogP contribution in [0.15, 0.2) is 24.3 Å². The van der Waals surface area contributed by atoms with Gasteiger partial charge >= 0.3 is 18.8 Å². The van der Waals surface area contributed by atoms with Crippen molar-refractivity contribution in [2.75, 3.05) is 6.61 Å². The van der Waals surface area contributed by atoms with Crippen LogP contribution in [0.2, 0.25) is 0 Å². The van der Waals surface area contributed by atoms with Gasteiger partial charge in [-0.05, 0) is 36.8 Å². The molecule has 1 aliphatic rings. The van der Waals surface area contributed by atoms with E-state index in [0.29, 0.717) is 0 Å². The highest BCUT2D eigenvalue weighted by atomic mass is 32.1. The Morgan fingerprint density at radius 2 is 1.93 bits per heavy atom. The van der Waals surface area contributed by atoms with Gasteiger partial charge in [-0.1, -0.05) is 12.1 Å². The summed E-state index contributed by atoms with van der Waals surface area (Å²) >= 11 is 4.73. The number of hydrogen-bond donors (Lipinski definition) is 3. The third kappa shape index (κ3) is 4.38. The molecule has 1 aliphatic heterocycles. The highest BCUT2D eigenvalue weighted by molar-refractivity contribution is 7.80. The van der Waals surface area contributed by atoms with Crippen molar-refractivity contribution < 1.29 is 41.3 Å². The Morgan fingerprint density at radius 1 is 1.33 bits per heavy atom. The summed E-state index contributed by atoms with van der Waals surface area (Å²) in [5.41, 5.74) is -3.62. The number of alkyl halides is 5. The molecular formula is C15H15F5N2O4S. The minimum absolute atomic E-state index is 0.0706. The van der Waals surface area contributed by atoms with Crippen LogP contribution in [0, 0.1) is 5.92 Å². The summed E-state index contributed by atoms with van der Waals surface area (Å²) in [7, 11) is 0. The largest absolute Gasteiger partial charge is 0.466 e. The smallest absolute Gasteiger partial charge is 0.437 e. The number of halogens is 5. The fourth-order valence-corrected chi connectivity index (χ4v) is 2.95. The average Bonchev–Trinajstić information content (AvgIpc) is 2.53. The zero-order chi connectivity index (χ0) is 20.4. The van der Waals surface area contributed by atoms with Crippen molar-refractivity contribution in [3.8, 4) is 5.75 Å². The van der Waals surface area contributed by atoms with Gasteiger partial charge < -0.3 is 25.2 Å². The number of hydrogen-bond acceptors (Lipinski definition) is 5. The van der Waals surface area contributed by atoms with Crippen LogP contribution in [-0.2, 0) is 9.53 Å². The molecule has 6 nitrogen and oxygen atoms in total. The van der Waals surface area contributed by atoms with E-state index in [0.717, 1.165) is 12.1 Å². The van der Waals surface area contributed by atoms with E-state index in [1.54, 1.807) is 5.32 Å². The Kier molecular flexibility index (Phi) is 6.10. The minimum atomic E-state index is -5.27. The molecule has 2 rings (SSSR count). The van der Waals surface area contributed by atoms with Crippen LogP contribution in [-0.4, -0.2) is 41.3 Å². The molecule has 1 aromatic rings. The molecule has 12 heteroatoms. The van der Waals surface area contributed by atoms with E-state index in [1.165, 1.54) is 19.1 Å². The third-order valence-electron chi connectivity index (χ3n) is 3.81. The van der Waals surface area contributed by atoms with Crippen LogP contribution in [0.4, 0.5) is 22.0 Å². The first-order valence-electron chi connectivity index (χ1n) is 7.58. The first-order valence-corrected chi connectivity index (χ1v) is 7.99. The molecule has 1 heterocycles. The fraction of sp³-hybridized carbons (Fsp3) is 0.467. The Balaban J connectivity index is 2.47. The summed E-state index contributed by atoms with van der Waals surface area (Å²) < 4.78 is 73.9. The Labute approximate surface area is 155 Å². The molecule has 150 valence electrons. The van der Waals surface area contributed by atoms with Crippen molar-refractivity contribution in [1.82, 2.24) is 10.6 Å². The molecule has 0 spiro atoms. The number of nitrogens with one attached hydrogen (secondary N) is 2. The topological polar surface area (TPSA) is 79.8 Å². The van der Waals surface area contributed by atoms with Crippen molar-refractivity contribution in [3.63, 3.8) is 0 Å². The maximum atomic E-state index is 13.5. The highest BCUT2D eigenvalue weighted by Gasteiger charge is 2.66. The third-order valence-corrected chi connectivity index (χ3v) is 4.03. The number of esters is 1. The predicted molar refractivity (Wildman–Crippen MR) is 85.8 cm³/mol. The summed E-state index contributed by atoms with van der Waals surface area (Å²) in [6.07, 6.45) is -5.27. The van der Waals surface area contributed by atoms with Crippen molar-refractivity contribution in [1.29, 1.82) is 0 Å². The second-order valence-electron chi connectivity index (χ2n) is 5.52. The standard InChI is InChI=1S/C15H15F5N2O4S/c1-2-25-11(23)9-10(7-3-5-8(6-4-7)26-12(16)17)21-13(27)22-14(9,24)15(18,19)20/h3-6,9-10,12,24H,2H2,1H3,(H2,21,22,27)/t9-,10-,14-/m0/s1. The number of rotatable bonds is 5. The first kappa shape index (κ1) is 21.1. The van der Waals surface area contributed by atoms with Gasteiger partial charge in [-0.2, -0.15) is 22.0 Å². The fourth-order valence-electron chi connectivity index (χ4n) is 2.67. The molecule has 0 aliphatic carbocycles. The van der Waals surface area contributed by atoms with E-state index in [9.17, 15) is 31.9 Å². The minimum Gasteiger partial charge on any atom is -0.466 e. The normalized spacial score (nSPS) is 25.6. The zero-order valence-electron chi connectivity index (χ0n) is 13.7. The lowest BCUT2D eigenvalue weighted by atomic mass is 9.82. The van der Waals surface area contributed by atoms with Gasteiger partial charge in [0.15, 0.2) is 5.11 Å². The second kappa shape index (κ2) is 7.80. The van der Waals surface area contributed by atoms with E-state index in [2.05, 4.69) is 14.8 Å². The van der Waals surface area contributed by atoms with Gasteiger partial charge in [0, 0.05) is 0 Å². The van der Waals surface area contributed by atoms with Gasteiger partial charge in [-0.3, -0.25) is 4.79 Å². The van der Waals surface area contributed by atoms with E-state index < -0.39 is 41.6 Å². The molecule has 0 radical (unpaired) electrons. The molecule has 27 heavy (non-hydrogen) atoms. The number of carbonyl (C=O) groups excluding carboxylic acids is 1. The first-order chi connectivity index (χ1) is 12.5. The summed E-state index contributed by atoms with van der Waals surface area (Å²) in [6, 6.07) is 3.08. The van der Waals surface area contributed by atoms with Crippen LogP contribution in [0.5, 0.6) is 5.75 Å². The lowest BCUT2D eigenvalue weighted by molar-refractivity contribution is -0.292. The van der Waals surface area contributed by atoms with Gasteiger partial charge in [0.2, 0.25) is 0 Å². The van der Waals surface area contributed by atoms with Crippen molar-refractivity contribution in [3.05, 3.63) is 29.8 Å². The number of carbonyl (C=O) groups is 1. The van der Waals surface area contributed by atoms with Crippen LogP contribution in [0.25, 0.3) is 0 Å². The van der Waals surface area contributed by atoms with Gasteiger partial charge in [0.05, 0.1) is 12.6 Å². The SMILES string of the molecule is CCOC(=O)[C@@H]1[C@H](c2ccc(OC(F)F)cc2)NC(=S)N[C@@]1(O)C(F)(F)F. The number of thiocarbonyl (C=S) groups is 1. The monoisotopic (exact) mass is 414 g/mol. The second-order valence-corrected chi connectivity index (χ2v) is 5.93. The van der Waals surface area contributed by atoms with Crippen LogP contribution in [0.3, 0.4) is 0 Å². The molecule has 0 amide bonds. The van der Waals surface area contributed by atoms with Crippen molar-refractivity contribution in [2.45, 2.75) is 31.5 Å². The Hall–Kier alpha value is -2.21. The molecule has 1 fully saturated rings. The molecular weight excluding hydrogens is 399 g/mol. The quantitative estimate of drug-likeness (QED) is 0.387. The van der Waals surface area contributed by atoms with Gasteiger partial charge in [0.25, 0.3) is 5.72 Å². The summed E-state index contributed by atoms with van der Waals surface area (Å²) in [6.45, 7) is -1.91. The predicted octanol–water partition coefficient (Wildman–Crippen LogP) is 2.24. The number of ether oxygens (including phenoxy) is 2. The highest BCUT2D eigenvalue weighted by Crippen LogP contribution is 2.43. The number of benzene rings is 1. The van der Waals surface area contributed by atoms with Crippen LogP contribution < -0.4 is 15.4 Å². The van der Waals surface area contributed by atoms with Crippen molar-refractivity contribution in [2.24, 2.45) is 5.92 Å². The number of aliphatic hydroxyl groups is 1. The summed E-state index contributed by atoms with van der Waals surface area (Å²) in [4.78, 5) is 12.2. The molecule has 0 aromatic heterocycles. The Bertz CT molecular complexity index is 700. The molecule has 3 atom stereocenters. The molecule has 0 bridgehead atoms. The molecule has 0 saturated carbocycles. The molecule has 1 saturated heterocycles. The molecule has 3 N–H and O–H groups in total. The maximum absolute atomic E-state index is 13.5. The summed E-state index contributed by atoms with van der Waals surface area (Å²) in [5.74, 6) is -3.72. The zero-order valence-corrected chi connectivity index (χ0v) is 14.5. The molecule has 0 unspecified atom stereocenters. The van der Waals surface area contributed by atoms with Gasteiger partial charge in [-0.15, -0.1) is 0 Å². The van der Waals surface area contributed by atoms with E-state index >= 15 is 0 Å². The van der Waals surface area contributed by atoms with E-state index in [1.807, 2.05) is 0 Å². The van der Waals surface area contributed by atoms with Crippen molar-refractivity contribution >= 4 is 23.3 Å². The van der Waals surface area contributed by atoms with Crippen LogP contribution in [0.1, 0.15) is 18.5 Å². The lowest BCUT2D eigenvalue weighted by Crippen LogP contribution is -2.73. The van der Waals surface area contributed by atoms with Crippen LogP contribution >= 0.6 is 12.2 Å². The maximum Gasteiger partial charge on any atom is 0.437 e. The molecule has 1 aromatic carbocycles. The lowest BCUT2D eigenvalue weighted by Gasteiger charge is -2.45. The summed E-state index contributed by atoms with van der Waals surface area (Å²) in [5, 5.41) is 13.9. The van der Waals surface area contributed by atoms with E-state index in [-0.39, 0.29) is 17.9 Å². The van der Waals surface area contributed by atoms with Gasteiger partial charge in [-0.25, -0.2) is 0 Å². The average molecular weight is 414 g/mol.